The van der Waals surface area contributed by atoms with Crippen molar-refractivity contribution in [3.63, 3.8) is 0 Å². The topological polar surface area (TPSA) is 69.2 Å². The van der Waals surface area contributed by atoms with Gasteiger partial charge in [-0.25, -0.2) is 0 Å². The van der Waals surface area contributed by atoms with Crippen LogP contribution >= 0.6 is 0 Å². The molecule has 1 amide bonds. The van der Waals surface area contributed by atoms with Crippen molar-refractivity contribution < 1.29 is 14.7 Å². The second-order valence-corrected chi connectivity index (χ2v) is 9.52. The number of carbonyl (C=O) groups is 2. The number of benzene rings is 1. The number of carboxylic acids is 1. The minimum Gasteiger partial charge on any atom is -0.550 e. The molecule has 4 aliphatic carbocycles. The standard InChI is InChI=1S/C23H31NO3/c1-15(19-5-3-2-4-6-19)20(10-21(25)26)22(27)24-14-23-11-16-7-17(12-23)9-18(8-16)13-23/h2-6,15-18,20H,7-14H2,1H3,(H,24,27)(H,25,26)/p-1/t15-,16?,17?,18?,20+,23?/m0/s1. The van der Waals surface area contributed by atoms with Crippen LogP contribution in [0.4, 0.5) is 0 Å². The van der Waals surface area contributed by atoms with E-state index in [0.717, 1.165) is 23.3 Å². The maximum absolute atomic E-state index is 13.0. The molecule has 1 aromatic carbocycles. The SMILES string of the molecule is C[C@@H](c1ccccc1)[C@@H](CC(=O)[O-])C(=O)NCC12CC3CC(CC(C3)C1)C2. The summed E-state index contributed by atoms with van der Waals surface area (Å²) in [7, 11) is 0. The molecule has 0 unspecified atom stereocenters. The van der Waals surface area contributed by atoms with Crippen LogP contribution in [0, 0.1) is 29.1 Å². The first kappa shape index (κ1) is 18.5. The molecule has 4 bridgehead atoms. The molecular formula is C23H30NO3-. The summed E-state index contributed by atoms with van der Waals surface area (Å²) in [5, 5.41) is 14.5. The summed E-state index contributed by atoms with van der Waals surface area (Å²) in [6.45, 7) is 2.65. The Morgan fingerprint density at radius 3 is 2.15 bits per heavy atom. The first-order valence-electron chi connectivity index (χ1n) is 10.5. The lowest BCUT2D eigenvalue weighted by molar-refractivity contribution is -0.306. The third-order valence-electron chi connectivity index (χ3n) is 7.45. The Morgan fingerprint density at radius 1 is 1.07 bits per heavy atom. The zero-order valence-corrected chi connectivity index (χ0v) is 16.2. The number of carboxylic acid groups (broad SMARTS) is 1. The summed E-state index contributed by atoms with van der Waals surface area (Å²) in [4.78, 5) is 24.3. The molecule has 27 heavy (non-hydrogen) atoms. The van der Waals surface area contributed by atoms with E-state index in [-0.39, 0.29) is 23.7 Å². The molecule has 1 N–H and O–H groups in total. The number of aliphatic carboxylic acids is 1. The van der Waals surface area contributed by atoms with Gasteiger partial charge in [-0.15, -0.1) is 0 Å². The predicted molar refractivity (Wildman–Crippen MR) is 102 cm³/mol. The molecule has 4 saturated carbocycles. The van der Waals surface area contributed by atoms with Crippen LogP contribution in [0.15, 0.2) is 30.3 Å². The fourth-order valence-corrected chi connectivity index (χ4v) is 6.58. The van der Waals surface area contributed by atoms with Gasteiger partial charge >= 0.3 is 0 Å². The Labute approximate surface area is 161 Å². The van der Waals surface area contributed by atoms with E-state index in [0.29, 0.717) is 6.54 Å². The molecule has 0 radical (unpaired) electrons. The molecule has 146 valence electrons. The number of carbonyl (C=O) groups excluding carboxylic acids is 2. The quantitative estimate of drug-likeness (QED) is 0.804. The Kier molecular flexibility index (Phi) is 5.00. The Morgan fingerprint density at radius 2 is 1.63 bits per heavy atom. The molecule has 0 aromatic heterocycles. The van der Waals surface area contributed by atoms with E-state index < -0.39 is 11.9 Å². The van der Waals surface area contributed by atoms with E-state index >= 15 is 0 Å². The summed E-state index contributed by atoms with van der Waals surface area (Å²) in [6, 6.07) is 9.69. The molecular weight excluding hydrogens is 338 g/mol. The van der Waals surface area contributed by atoms with Gasteiger partial charge in [0, 0.05) is 18.4 Å². The normalized spacial score (nSPS) is 33.4. The number of amides is 1. The molecule has 2 atom stereocenters. The average molecular weight is 368 g/mol. The zero-order valence-electron chi connectivity index (χ0n) is 16.2. The lowest BCUT2D eigenvalue weighted by Crippen LogP contribution is -2.52. The van der Waals surface area contributed by atoms with E-state index in [1.807, 2.05) is 37.3 Å². The van der Waals surface area contributed by atoms with Crippen molar-refractivity contribution in [1.82, 2.24) is 5.32 Å². The molecule has 0 spiro atoms. The van der Waals surface area contributed by atoms with E-state index in [1.54, 1.807) is 0 Å². The number of hydrogen-bond donors (Lipinski definition) is 1. The lowest BCUT2D eigenvalue weighted by Gasteiger charge is -2.57. The lowest BCUT2D eigenvalue weighted by atomic mass is 9.49. The van der Waals surface area contributed by atoms with Crippen LogP contribution in [-0.4, -0.2) is 18.4 Å². The van der Waals surface area contributed by atoms with Gasteiger partial charge in [0.25, 0.3) is 0 Å². The minimum atomic E-state index is -1.16. The molecule has 0 saturated heterocycles. The molecule has 4 heteroatoms. The Hall–Kier alpha value is -1.84. The van der Waals surface area contributed by atoms with Gasteiger partial charge < -0.3 is 15.2 Å². The van der Waals surface area contributed by atoms with Gasteiger partial charge in [-0.1, -0.05) is 37.3 Å². The Balaban J connectivity index is 1.43. The van der Waals surface area contributed by atoms with Crippen LogP contribution in [0.1, 0.15) is 63.4 Å². The van der Waals surface area contributed by atoms with Gasteiger partial charge in [0.05, 0.1) is 0 Å². The first-order chi connectivity index (χ1) is 12.9. The minimum absolute atomic E-state index is 0.133. The van der Waals surface area contributed by atoms with Crippen molar-refractivity contribution in [2.24, 2.45) is 29.1 Å². The summed E-state index contributed by atoms with van der Waals surface area (Å²) in [5.74, 6) is 0.493. The van der Waals surface area contributed by atoms with Gasteiger partial charge in [-0.05, 0) is 79.6 Å². The van der Waals surface area contributed by atoms with Gasteiger partial charge in [-0.3, -0.25) is 4.79 Å². The monoisotopic (exact) mass is 368 g/mol. The molecule has 4 fully saturated rings. The van der Waals surface area contributed by atoms with Crippen LogP contribution in [0.5, 0.6) is 0 Å². The zero-order chi connectivity index (χ0) is 19.0. The van der Waals surface area contributed by atoms with Crippen molar-refractivity contribution in [3.05, 3.63) is 35.9 Å². The van der Waals surface area contributed by atoms with E-state index in [4.69, 9.17) is 0 Å². The summed E-state index contributed by atoms with van der Waals surface area (Å²) < 4.78 is 0. The molecule has 5 rings (SSSR count). The largest absolute Gasteiger partial charge is 0.550 e. The molecule has 4 aliphatic rings. The number of nitrogens with one attached hydrogen (secondary N) is 1. The number of hydrogen-bond acceptors (Lipinski definition) is 3. The van der Waals surface area contributed by atoms with Crippen LogP contribution in [-0.2, 0) is 9.59 Å². The second-order valence-electron chi connectivity index (χ2n) is 9.52. The van der Waals surface area contributed by atoms with Gasteiger partial charge in [-0.2, -0.15) is 0 Å². The van der Waals surface area contributed by atoms with Crippen molar-refractivity contribution >= 4 is 11.9 Å². The van der Waals surface area contributed by atoms with Crippen LogP contribution in [0.25, 0.3) is 0 Å². The van der Waals surface area contributed by atoms with Gasteiger partial charge in [0.2, 0.25) is 5.91 Å². The van der Waals surface area contributed by atoms with E-state index in [1.165, 1.54) is 38.5 Å². The fourth-order valence-electron chi connectivity index (χ4n) is 6.58. The van der Waals surface area contributed by atoms with Crippen molar-refractivity contribution in [3.8, 4) is 0 Å². The van der Waals surface area contributed by atoms with Crippen LogP contribution in [0.3, 0.4) is 0 Å². The second kappa shape index (κ2) is 7.29. The summed E-state index contributed by atoms with van der Waals surface area (Å²) in [5.41, 5.74) is 1.25. The van der Waals surface area contributed by atoms with Crippen LogP contribution < -0.4 is 10.4 Å². The van der Waals surface area contributed by atoms with Gasteiger partial charge in [0.1, 0.15) is 0 Å². The maximum atomic E-state index is 13.0. The molecule has 4 nitrogen and oxygen atoms in total. The maximum Gasteiger partial charge on any atom is 0.224 e. The molecule has 0 heterocycles. The van der Waals surface area contributed by atoms with Crippen molar-refractivity contribution in [2.75, 3.05) is 6.54 Å². The third kappa shape index (κ3) is 3.90. The summed E-state index contributed by atoms with van der Waals surface area (Å²) >= 11 is 0. The summed E-state index contributed by atoms with van der Waals surface area (Å²) in [6.07, 6.45) is 7.61. The highest BCUT2D eigenvalue weighted by Gasteiger charge is 2.50. The highest BCUT2D eigenvalue weighted by atomic mass is 16.4. The first-order valence-corrected chi connectivity index (χ1v) is 10.5. The predicted octanol–water partition coefficient (Wildman–Crippen LogP) is 2.88. The third-order valence-corrected chi connectivity index (χ3v) is 7.45. The fraction of sp³-hybridized carbons (Fsp3) is 0.652. The smallest absolute Gasteiger partial charge is 0.224 e. The van der Waals surface area contributed by atoms with E-state index in [2.05, 4.69) is 5.32 Å². The Bertz CT molecular complexity index is 664. The highest BCUT2D eigenvalue weighted by molar-refractivity contribution is 5.83. The molecule has 1 aromatic rings. The van der Waals surface area contributed by atoms with Gasteiger partial charge in [0.15, 0.2) is 0 Å². The number of rotatable bonds is 7. The van der Waals surface area contributed by atoms with Crippen molar-refractivity contribution in [1.29, 1.82) is 0 Å². The molecule has 0 aliphatic heterocycles. The van der Waals surface area contributed by atoms with E-state index in [9.17, 15) is 14.7 Å². The van der Waals surface area contributed by atoms with Crippen molar-refractivity contribution in [2.45, 2.75) is 57.8 Å². The highest BCUT2D eigenvalue weighted by Crippen LogP contribution is 2.59. The average Bonchev–Trinajstić information content (AvgIpc) is 2.63. The van der Waals surface area contributed by atoms with Crippen LogP contribution in [0.2, 0.25) is 0 Å².